The van der Waals surface area contributed by atoms with Crippen molar-refractivity contribution in [1.29, 1.82) is 0 Å². The van der Waals surface area contributed by atoms with Crippen molar-refractivity contribution >= 4 is 23.6 Å². The van der Waals surface area contributed by atoms with Crippen LogP contribution in [0.4, 0.5) is 5.69 Å². The van der Waals surface area contributed by atoms with Crippen LogP contribution >= 0.6 is 0 Å². The minimum absolute atomic E-state index is 0.0245. The Bertz CT molecular complexity index is 996. The summed E-state index contributed by atoms with van der Waals surface area (Å²) in [5, 5.41) is 10.9. The summed E-state index contributed by atoms with van der Waals surface area (Å²) in [6.07, 6.45) is 3.53. The molecule has 0 spiro atoms. The number of hydrogen-bond acceptors (Lipinski definition) is 7. The van der Waals surface area contributed by atoms with E-state index in [2.05, 4.69) is 11.9 Å². The Morgan fingerprint density at radius 1 is 1.21 bits per heavy atom. The number of unbranched alkanes of at least 4 members (excludes halogenated alkanes) is 1. The maximum atomic E-state index is 12.2. The van der Waals surface area contributed by atoms with Gasteiger partial charge in [0.15, 0.2) is 17.2 Å². The molecule has 0 aliphatic carbocycles. The van der Waals surface area contributed by atoms with Crippen LogP contribution in [0.25, 0.3) is 6.08 Å². The summed E-state index contributed by atoms with van der Waals surface area (Å²) in [6, 6.07) is 11.1. The molecule has 150 valence electrons. The fraction of sp³-hybridized carbons (Fsp3) is 0.238. The lowest BCUT2D eigenvalue weighted by Crippen LogP contribution is -2.05. The number of benzene rings is 2. The molecule has 0 amide bonds. The van der Waals surface area contributed by atoms with Gasteiger partial charge in [-0.3, -0.25) is 10.1 Å². The van der Waals surface area contributed by atoms with Crippen LogP contribution in [-0.2, 0) is 9.53 Å². The molecule has 0 radical (unpaired) electrons. The van der Waals surface area contributed by atoms with Gasteiger partial charge in [-0.05, 0) is 36.3 Å². The Balaban J connectivity index is 1.85. The number of methoxy groups -OCH3 is 1. The van der Waals surface area contributed by atoms with Crippen molar-refractivity contribution in [3.8, 4) is 11.5 Å². The van der Waals surface area contributed by atoms with Crippen molar-refractivity contribution in [3.05, 3.63) is 69.4 Å². The third-order valence-corrected chi connectivity index (χ3v) is 4.17. The fourth-order valence-electron chi connectivity index (χ4n) is 2.66. The monoisotopic (exact) mass is 396 g/mol. The Morgan fingerprint density at radius 2 is 2.03 bits per heavy atom. The number of esters is 1. The van der Waals surface area contributed by atoms with Crippen molar-refractivity contribution in [2.45, 2.75) is 19.8 Å². The lowest BCUT2D eigenvalue weighted by molar-refractivity contribution is -0.384. The van der Waals surface area contributed by atoms with E-state index in [-0.39, 0.29) is 17.3 Å². The number of nitro groups is 1. The summed E-state index contributed by atoms with van der Waals surface area (Å²) >= 11 is 0. The molecule has 1 aliphatic rings. The highest BCUT2D eigenvalue weighted by atomic mass is 16.6. The quantitative estimate of drug-likeness (QED) is 0.219. The fourth-order valence-corrected chi connectivity index (χ4v) is 2.66. The van der Waals surface area contributed by atoms with Gasteiger partial charge < -0.3 is 14.2 Å². The standard InChI is InChI=1S/C21H20N2O6/c1-3-4-10-28-18-9-8-14(12-19(18)27-2)11-17-21(24)29-20(22-17)15-6-5-7-16(13-15)23(25)26/h5-9,11-13H,3-4,10H2,1-2H3. The highest BCUT2D eigenvalue weighted by Gasteiger charge is 2.25. The van der Waals surface area contributed by atoms with Gasteiger partial charge in [-0.25, -0.2) is 9.79 Å². The first-order valence-electron chi connectivity index (χ1n) is 9.10. The number of nitro benzene ring substituents is 1. The van der Waals surface area contributed by atoms with E-state index >= 15 is 0 Å². The van der Waals surface area contributed by atoms with Gasteiger partial charge in [0.25, 0.3) is 5.69 Å². The van der Waals surface area contributed by atoms with E-state index in [1.807, 2.05) is 0 Å². The third kappa shape index (κ3) is 4.78. The molecule has 0 aromatic heterocycles. The molecule has 0 saturated carbocycles. The topological polar surface area (TPSA) is 100 Å². The van der Waals surface area contributed by atoms with E-state index in [9.17, 15) is 14.9 Å². The first-order chi connectivity index (χ1) is 14.0. The molecule has 1 heterocycles. The lowest BCUT2D eigenvalue weighted by atomic mass is 10.1. The first-order valence-corrected chi connectivity index (χ1v) is 9.10. The van der Waals surface area contributed by atoms with E-state index in [1.54, 1.807) is 37.5 Å². The van der Waals surface area contributed by atoms with Gasteiger partial charge in [-0.1, -0.05) is 25.5 Å². The van der Waals surface area contributed by atoms with Gasteiger partial charge in [0.1, 0.15) is 0 Å². The molecule has 0 atom stereocenters. The summed E-state index contributed by atoms with van der Waals surface area (Å²) < 4.78 is 16.2. The Morgan fingerprint density at radius 3 is 2.76 bits per heavy atom. The zero-order valence-electron chi connectivity index (χ0n) is 16.1. The molecular weight excluding hydrogens is 376 g/mol. The maximum Gasteiger partial charge on any atom is 0.363 e. The van der Waals surface area contributed by atoms with Crippen molar-refractivity contribution < 1.29 is 23.9 Å². The normalized spacial score (nSPS) is 14.5. The number of ether oxygens (including phenoxy) is 3. The Hall–Kier alpha value is -3.68. The highest BCUT2D eigenvalue weighted by molar-refractivity contribution is 6.13. The Labute approximate surface area is 167 Å². The number of carbonyl (C=O) groups is 1. The molecule has 29 heavy (non-hydrogen) atoms. The predicted octanol–water partition coefficient (Wildman–Crippen LogP) is 4.13. The molecule has 0 bridgehead atoms. The van der Waals surface area contributed by atoms with E-state index in [1.165, 1.54) is 18.2 Å². The van der Waals surface area contributed by atoms with Gasteiger partial charge in [0.05, 0.1) is 18.6 Å². The number of carbonyl (C=O) groups excluding carboxylic acids is 1. The third-order valence-electron chi connectivity index (χ3n) is 4.17. The van der Waals surface area contributed by atoms with Crippen LogP contribution in [0.15, 0.2) is 53.2 Å². The lowest BCUT2D eigenvalue weighted by Gasteiger charge is -2.10. The van der Waals surface area contributed by atoms with Crippen LogP contribution in [0.1, 0.15) is 30.9 Å². The van der Waals surface area contributed by atoms with E-state index in [4.69, 9.17) is 14.2 Å². The zero-order valence-corrected chi connectivity index (χ0v) is 16.1. The molecule has 8 nitrogen and oxygen atoms in total. The van der Waals surface area contributed by atoms with E-state index in [0.717, 1.165) is 12.8 Å². The van der Waals surface area contributed by atoms with Gasteiger partial charge in [-0.15, -0.1) is 0 Å². The molecule has 0 N–H and O–H groups in total. The van der Waals surface area contributed by atoms with Crippen LogP contribution in [0.3, 0.4) is 0 Å². The van der Waals surface area contributed by atoms with Crippen LogP contribution in [0.5, 0.6) is 11.5 Å². The van der Waals surface area contributed by atoms with Crippen molar-refractivity contribution in [3.63, 3.8) is 0 Å². The van der Waals surface area contributed by atoms with Gasteiger partial charge in [0.2, 0.25) is 5.90 Å². The number of aliphatic imine (C=N–C) groups is 1. The van der Waals surface area contributed by atoms with Crippen LogP contribution in [0.2, 0.25) is 0 Å². The van der Waals surface area contributed by atoms with Gasteiger partial charge >= 0.3 is 5.97 Å². The number of non-ortho nitro benzene ring substituents is 1. The molecule has 8 heteroatoms. The molecule has 0 unspecified atom stereocenters. The predicted molar refractivity (Wildman–Crippen MR) is 107 cm³/mol. The summed E-state index contributed by atoms with van der Waals surface area (Å²) in [7, 11) is 1.54. The molecule has 2 aromatic carbocycles. The highest BCUT2D eigenvalue weighted by Crippen LogP contribution is 2.30. The maximum absolute atomic E-state index is 12.2. The molecule has 1 aliphatic heterocycles. The summed E-state index contributed by atoms with van der Waals surface area (Å²) in [6.45, 7) is 2.68. The van der Waals surface area contributed by atoms with Crippen molar-refractivity contribution in [2.24, 2.45) is 4.99 Å². The summed E-state index contributed by atoms with van der Waals surface area (Å²) in [4.78, 5) is 26.8. The molecule has 2 aromatic rings. The molecular formula is C21H20N2O6. The second kappa shape index (κ2) is 9.01. The van der Waals surface area contributed by atoms with Gasteiger partial charge in [0, 0.05) is 17.7 Å². The zero-order chi connectivity index (χ0) is 20.8. The number of nitrogens with zero attached hydrogens (tertiary/aromatic N) is 2. The van der Waals surface area contributed by atoms with Crippen molar-refractivity contribution in [1.82, 2.24) is 0 Å². The average Bonchev–Trinajstić information content (AvgIpc) is 3.09. The summed E-state index contributed by atoms with van der Waals surface area (Å²) in [5.74, 6) is 0.563. The van der Waals surface area contributed by atoms with Crippen LogP contribution in [0, 0.1) is 10.1 Å². The number of rotatable bonds is 8. The first kappa shape index (κ1) is 20.1. The second-order valence-electron chi connectivity index (χ2n) is 6.26. The van der Waals surface area contributed by atoms with Crippen molar-refractivity contribution in [2.75, 3.05) is 13.7 Å². The number of hydrogen-bond donors (Lipinski definition) is 0. The SMILES string of the molecule is CCCCOc1ccc(C=C2N=C(c3cccc([N+](=O)[O-])c3)OC2=O)cc1OC. The van der Waals surface area contributed by atoms with E-state index in [0.29, 0.717) is 29.2 Å². The number of cyclic esters (lactones) is 1. The molecule has 0 fully saturated rings. The minimum atomic E-state index is -0.631. The Kier molecular flexibility index (Phi) is 6.23. The summed E-state index contributed by atoms with van der Waals surface area (Å²) in [5.41, 5.74) is 1.02. The van der Waals surface area contributed by atoms with Crippen LogP contribution < -0.4 is 9.47 Å². The van der Waals surface area contributed by atoms with Gasteiger partial charge in [-0.2, -0.15) is 0 Å². The van der Waals surface area contributed by atoms with Crippen LogP contribution in [-0.4, -0.2) is 30.5 Å². The largest absolute Gasteiger partial charge is 0.493 e. The minimum Gasteiger partial charge on any atom is -0.493 e. The smallest absolute Gasteiger partial charge is 0.363 e. The second-order valence-corrected chi connectivity index (χ2v) is 6.26. The van der Waals surface area contributed by atoms with E-state index < -0.39 is 10.9 Å². The average molecular weight is 396 g/mol. The molecule has 3 rings (SSSR count). The molecule has 0 saturated heterocycles.